The maximum absolute atomic E-state index is 12.9. The molecule has 0 saturated carbocycles. The second-order valence-corrected chi connectivity index (χ2v) is 9.21. The van der Waals surface area contributed by atoms with Gasteiger partial charge in [-0.05, 0) is 37.6 Å². The van der Waals surface area contributed by atoms with Crippen LogP contribution in [0.15, 0.2) is 42.5 Å². The van der Waals surface area contributed by atoms with Crippen molar-refractivity contribution < 1.29 is 13.2 Å². The fraction of sp³-hybridized carbons (Fsp3) is 0.316. The Balaban J connectivity index is 2.31. The van der Waals surface area contributed by atoms with Gasteiger partial charge >= 0.3 is 0 Å². The third kappa shape index (κ3) is 5.37. The van der Waals surface area contributed by atoms with Crippen molar-refractivity contribution in [2.45, 2.75) is 26.4 Å². The maximum Gasteiger partial charge on any atom is 0.246 e. The monoisotopic (exact) mass is 428 g/mol. The van der Waals surface area contributed by atoms with E-state index in [9.17, 15) is 13.2 Å². The number of nitrogens with zero attached hydrogens (tertiary/aromatic N) is 2. The summed E-state index contributed by atoms with van der Waals surface area (Å²) < 4.78 is 25.8. The molecule has 0 aliphatic rings. The molecule has 0 spiro atoms. The molecule has 1 amide bonds. The molecule has 0 bridgehead atoms. The second-order valence-electron chi connectivity index (χ2n) is 6.51. The standard InChI is InChI=1S/C19H22Cl2N2O3S/c1-13-5-7-15(8-6-13)12-22(3)19(24)14(2)23(27(4,25)26)18-11-16(20)9-10-17(18)21/h5-11,14H,12H2,1-4H3/t14-/m1/s1. The minimum atomic E-state index is -3.77. The first kappa shape index (κ1) is 21.5. The Bertz CT molecular complexity index is 930. The Morgan fingerprint density at radius 1 is 1.11 bits per heavy atom. The van der Waals surface area contributed by atoms with Crippen molar-refractivity contribution in [3.05, 3.63) is 63.6 Å². The van der Waals surface area contributed by atoms with Gasteiger partial charge in [-0.3, -0.25) is 9.10 Å². The summed E-state index contributed by atoms with van der Waals surface area (Å²) in [5.41, 5.74) is 2.26. The molecule has 0 unspecified atom stereocenters. The zero-order valence-corrected chi connectivity index (χ0v) is 17.9. The summed E-state index contributed by atoms with van der Waals surface area (Å²) in [6.45, 7) is 3.88. The molecule has 0 aromatic heterocycles. The van der Waals surface area contributed by atoms with E-state index < -0.39 is 16.1 Å². The minimum Gasteiger partial charge on any atom is -0.340 e. The minimum absolute atomic E-state index is 0.177. The number of carbonyl (C=O) groups excluding carboxylic acids is 1. The molecular formula is C19H22Cl2N2O3S. The number of likely N-dealkylation sites (N-methyl/N-ethyl adjacent to an activating group) is 1. The highest BCUT2D eigenvalue weighted by Crippen LogP contribution is 2.32. The van der Waals surface area contributed by atoms with Crippen molar-refractivity contribution >= 4 is 44.8 Å². The highest BCUT2D eigenvalue weighted by molar-refractivity contribution is 7.92. The van der Waals surface area contributed by atoms with Gasteiger partial charge in [-0.2, -0.15) is 0 Å². The number of halogens is 2. The van der Waals surface area contributed by atoms with E-state index in [0.717, 1.165) is 21.7 Å². The molecule has 2 aromatic carbocycles. The summed E-state index contributed by atoms with van der Waals surface area (Å²) in [6.07, 6.45) is 1.04. The van der Waals surface area contributed by atoms with Gasteiger partial charge in [0.2, 0.25) is 15.9 Å². The smallest absolute Gasteiger partial charge is 0.246 e. The highest BCUT2D eigenvalue weighted by atomic mass is 35.5. The van der Waals surface area contributed by atoms with Gasteiger partial charge in [0.15, 0.2) is 0 Å². The van der Waals surface area contributed by atoms with Crippen molar-refractivity contribution in [3.8, 4) is 0 Å². The molecule has 146 valence electrons. The van der Waals surface area contributed by atoms with Gasteiger partial charge in [-0.25, -0.2) is 8.42 Å². The Hall–Kier alpha value is -1.76. The zero-order chi connectivity index (χ0) is 20.4. The molecule has 8 heteroatoms. The summed E-state index contributed by atoms with van der Waals surface area (Å²) in [5, 5.41) is 0.529. The number of rotatable bonds is 6. The summed E-state index contributed by atoms with van der Waals surface area (Å²) in [7, 11) is -2.13. The fourth-order valence-electron chi connectivity index (χ4n) is 2.79. The first-order chi connectivity index (χ1) is 12.5. The number of carbonyl (C=O) groups is 1. The van der Waals surface area contributed by atoms with E-state index in [4.69, 9.17) is 23.2 Å². The van der Waals surface area contributed by atoms with Crippen LogP contribution in [0.1, 0.15) is 18.1 Å². The molecule has 5 nitrogen and oxygen atoms in total. The molecule has 2 aromatic rings. The molecular weight excluding hydrogens is 407 g/mol. The molecule has 0 N–H and O–H groups in total. The number of hydrogen-bond donors (Lipinski definition) is 0. The van der Waals surface area contributed by atoms with Gasteiger partial charge < -0.3 is 4.90 Å². The van der Waals surface area contributed by atoms with Crippen molar-refractivity contribution in [1.82, 2.24) is 4.90 Å². The fourth-order valence-corrected chi connectivity index (χ4v) is 4.39. The SMILES string of the molecule is Cc1ccc(CN(C)C(=O)[C@@H](C)N(c2cc(Cl)ccc2Cl)S(C)(=O)=O)cc1. The van der Waals surface area contributed by atoms with Crippen molar-refractivity contribution in [2.75, 3.05) is 17.6 Å². The van der Waals surface area contributed by atoms with Gasteiger partial charge in [0.05, 0.1) is 17.0 Å². The summed E-state index contributed by atoms with van der Waals surface area (Å²) in [4.78, 5) is 14.4. The van der Waals surface area contributed by atoms with Gasteiger partial charge in [0.1, 0.15) is 6.04 Å². The zero-order valence-electron chi connectivity index (χ0n) is 15.6. The average Bonchev–Trinajstić information content (AvgIpc) is 2.58. The summed E-state index contributed by atoms with van der Waals surface area (Å²) in [5.74, 6) is -0.350. The van der Waals surface area contributed by atoms with Crippen molar-refractivity contribution in [1.29, 1.82) is 0 Å². The Morgan fingerprint density at radius 2 is 1.70 bits per heavy atom. The summed E-state index contributed by atoms with van der Waals surface area (Å²) >= 11 is 12.2. The Kier molecular flexibility index (Phi) is 6.78. The van der Waals surface area contributed by atoms with Crippen LogP contribution in [0, 0.1) is 6.92 Å². The van der Waals surface area contributed by atoms with Crippen molar-refractivity contribution in [3.63, 3.8) is 0 Å². The van der Waals surface area contributed by atoms with Gasteiger partial charge in [0, 0.05) is 18.6 Å². The molecule has 1 atom stereocenters. The number of benzene rings is 2. The van der Waals surface area contributed by atoms with Crippen LogP contribution in [-0.4, -0.2) is 38.6 Å². The maximum atomic E-state index is 12.9. The van der Waals surface area contributed by atoms with Crippen LogP contribution < -0.4 is 4.31 Å². The topological polar surface area (TPSA) is 57.7 Å². The molecule has 0 heterocycles. The lowest BCUT2D eigenvalue weighted by Gasteiger charge is -2.31. The van der Waals surface area contributed by atoms with Crippen LogP contribution in [-0.2, 0) is 21.4 Å². The van der Waals surface area contributed by atoms with Crippen LogP contribution in [0.2, 0.25) is 10.0 Å². The van der Waals surface area contributed by atoms with E-state index in [-0.39, 0.29) is 16.6 Å². The molecule has 0 saturated heterocycles. The lowest BCUT2D eigenvalue weighted by molar-refractivity contribution is -0.131. The third-order valence-corrected chi connectivity index (χ3v) is 5.91. The van der Waals surface area contributed by atoms with E-state index >= 15 is 0 Å². The molecule has 0 aliphatic carbocycles. The van der Waals surface area contributed by atoms with Gasteiger partial charge in [-0.15, -0.1) is 0 Å². The number of aryl methyl sites for hydroxylation is 1. The lowest BCUT2D eigenvalue weighted by atomic mass is 10.1. The highest BCUT2D eigenvalue weighted by Gasteiger charge is 2.32. The quantitative estimate of drug-likeness (QED) is 0.695. The van der Waals surface area contributed by atoms with E-state index in [1.54, 1.807) is 13.1 Å². The molecule has 0 aliphatic heterocycles. The van der Waals surface area contributed by atoms with E-state index in [2.05, 4.69) is 0 Å². The third-order valence-electron chi connectivity index (χ3n) is 4.13. The van der Waals surface area contributed by atoms with E-state index in [1.165, 1.54) is 24.0 Å². The Labute approximate surface area is 170 Å². The summed E-state index contributed by atoms with van der Waals surface area (Å²) in [6, 6.07) is 11.3. The lowest BCUT2D eigenvalue weighted by Crippen LogP contribution is -2.48. The van der Waals surface area contributed by atoms with Crippen molar-refractivity contribution in [2.24, 2.45) is 0 Å². The van der Waals surface area contributed by atoms with Crippen LogP contribution in [0.25, 0.3) is 0 Å². The molecule has 27 heavy (non-hydrogen) atoms. The molecule has 0 radical (unpaired) electrons. The average molecular weight is 429 g/mol. The van der Waals surface area contributed by atoms with Gasteiger partial charge in [-0.1, -0.05) is 53.0 Å². The predicted molar refractivity (Wildman–Crippen MR) is 111 cm³/mol. The van der Waals surface area contributed by atoms with Crippen LogP contribution in [0.4, 0.5) is 5.69 Å². The van der Waals surface area contributed by atoms with Crippen LogP contribution >= 0.6 is 23.2 Å². The largest absolute Gasteiger partial charge is 0.340 e. The van der Waals surface area contributed by atoms with Gasteiger partial charge in [0.25, 0.3) is 0 Å². The van der Waals surface area contributed by atoms with Crippen LogP contribution in [0.5, 0.6) is 0 Å². The van der Waals surface area contributed by atoms with Crippen LogP contribution in [0.3, 0.4) is 0 Å². The van der Waals surface area contributed by atoms with E-state index in [0.29, 0.717) is 11.6 Å². The number of hydrogen-bond acceptors (Lipinski definition) is 3. The first-order valence-corrected chi connectivity index (χ1v) is 10.9. The number of amides is 1. The molecule has 0 fully saturated rings. The predicted octanol–water partition coefficient (Wildman–Crippen LogP) is 4.11. The normalized spacial score (nSPS) is 12.5. The Morgan fingerprint density at radius 3 is 2.26 bits per heavy atom. The number of sulfonamides is 1. The second kappa shape index (κ2) is 8.50. The molecule has 2 rings (SSSR count). The van der Waals surface area contributed by atoms with E-state index in [1.807, 2.05) is 31.2 Å². The number of anilines is 1. The first-order valence-electron chi connectivity index (χ1n) is 8.25.